The lowest BCUT2D eigenvalue weighted by Gasteiger charge is -2.16. The van der Waals surface area contributed by atoms with Crippen molar-refractivity contribution in [3.05, 3.63) is 48.6 Å². The summed E-state index contributed by atoms with van der Waals surface area (Å²) in [5, 5.41) is 8.64. The second-order valence-electron chi connectivity index (χ2n) is 10.6. The van der Waals surface area contributed by atoms with Crippen molar-refractivity contribution in [2.24, 2.45) is 0 Å². The zero-order valence-electron chi connectivity index (χ0n) is 25.4. The van der Waals surface area contributed by atoms with Gasteiger partial charge in [-0.15, -0.1) is 0 Å². The molecule has 0 aliphatic carbocycles. The maximum atomic E-state index is 12.2. The molecule has 0 heterocycles. The van der Waals surface area contributed by atoms with Crippen molar-refractivity contribution >= 4 is 11.9 Å². The van der Waals surface area contributed by atoms with E-state index in [1.807, 2.05) is 0 Å². The van der Waals surface area contributed by atoms with Crippen molar-refractivity contribution in [2.45, 2.75) is 161 Å². The highest BCUT2D eigenvalue weighted by atomic mass is 16.5. The highest BCUT2D eigenvalue weighted by Crippen LogP contribution is 2.15. The molecule has 4 heteroatoms. The van der Waals surface area contributed by atoms with E-state index in [9.17, 15) is 9.59 Å². The van der Waals surface area contributed by atoms with E-state index in [1.165, 1.54) is 57.8 Å². The predicted molar refractivity (Wildman–Crippen MR) is 167 cm³/mol. The fourth-order valence-corrected chi connectivity index (χ4v) is 4.40. The standard InChI is InChI=1S/C35H60O4/c1-3-5-6-7-8-9-10-11-12-13-14-15-16-20-23-26-29-32-35(38)39-33(4-2)30-27-24-21-18-17-19-22-25-28-31-34(36)37/h8-9,11-12,14-15,20,23,33H,3-7,10,13,16-19,21-22,24-32H2,1-2H3,(H,36,37)/b9-8-,12-11-,15-14-,23-20-. The molecule has 4 nitrogen and oxygen atoms in total. The summed E-state index contributed by atoms with van der Waals surface area (Å²) in [5.74, 6) is -0.742. The van der Waals surface area contributed by atoms with Gasteiger partial charge in [0, 0.05) is 12.8 Å². The van der Waals surface area contributed by atoms with Crippen LogP contribution in [-0.4, -0.2) is 23.1 Å². The summed E-state index contributed by atoms with van der Waals surface area (Å²) in [7, 11) is 0. The Morgan fingerprint density at radius 3 is 1.59 bits per heavy atom. The number of carboxylic acids is 1. The van der Waals surface area contributed by atoms with E-state index < -0.39 is 5.97 Å². The van der Waals surface area contributed by atoms with Gasteiger partial charge in [0.15, 0.2) is 0 Å². The second-order valence-corrected chi connectivity index (χ2v) is 10.6. The molecular formula is C35H60O4. The molecule has 39 heavy (non-hydrogen) atoms. The van der Waals surface area contributed by atoms with Crippen LogP contribution in [0.1, 0.15) is 155 Å². The molecule has 0 saturated carbocycles. The van der Waals surface area contributed by atoms with Crippen LogP contribution in [-0.2, 0) is 14.3 Å². The topological polar surface area (TPSA) is 63.6 Å². The van der Waals surface area contributed by atoms with Crippen LogP contribution in [0, 0.1) is 0 Å². The minimum Gasteiger partial charge on any atom is -0.481 e. The summed E-state index contributed by atoms with van der Waals surface area (Å²) in [6.07, 6.45) is 40.5. The minimum atomic E-state index is -0.687. The van der Waals surface area contributed by atoms with Gasteiger partial charge in [0.2, 0.25) is 0 Å². The second kappa shape index (κ2) is 30.4. The van der Waals surface area contributed by atoms with Crippen LogP contribution in [0.15, 0.2) is 48.6 Å². The van der Waals surface area contributed by atoms with Crippen LogP contribution >= 0.6 is 0 Å². The molecule has 0 aliphatic heterocycles. The zero-order chi connectivity index (χ0) is 28.7. The van der Waals surface area contributed by atoms with Crippen LogP contribution < -0.4 is 0 Å². The maximum Gasteiger partial charge on any atom is 0.306 e. The smallest absolute Gasteiger partial charge is 0.306 e. The third-order valence-corrected chi connectivity index (χ3v) is 6.88. The van der Waals surface area contributed by atoms with E-state index in [0.717, 1.165) is 70.6 Å². The first kappa shape index (κ1) is 36.9. The Morgan fingerprint density at radius 1 is 0.590 bits per heavy atom. The lowest BCUT2D eigenvalue weighted by Crippen LogP contribution is -2.17. The summed E-state index contributed by atoms with van der Waals surface area (Å²) in [5.41, 5.74) is 0. The number of hydrogen-bond acceptors (Lipinski definition) is 3. The van der Waals surface area contributed by atoms with Gasteiger partial charge in [0.1, 0.15) is 6.10 Å². The number of ether oxygens (including phenoxy) is 1. The predicted octanol–water partition coefficient (Wildman–Crippen LogP) is 10.8. The first-order valence-corrected chi connectivity index (χ1v) is 16.1. The number of allylic oxidation sites excluding steroid dienone is 8. The fraction of sp³-hybridized carbons (Fsp3) is 0.714. The average Bonchev–Trinajstić information content (AvgIpc) is 2.92. The summed E-state index contributed by atoms with van der Waals surface area (Å²) in [4.78, 5) is 22.7. The molecule has 0 aromatic carbocycles. The number of carbonyl (C=O) groups is 2. The molecule has 0 rings (SSSR count). The van der Waals surface area contributed by atoms with Gasteiger partial charge in [0.05, 0.1) is 0 Å². The first-order chi connectivity index (χ1) is 19.1. The Kier molecular flexibility index (Phi) is 28.8. The Labute approximate surface area is 241 Å². The molecule has 0 aromatic heterocycles. The molecule has 0 saturated heterocycles. The molecule has 224 valence electrons. The van der Waals surface area contributed by atoms with E-state index in [-0.39, 0.29) is 12.1 Å². The van der Waals surface area contributed by atoms with Gasteiger partial charge in [-0.3, -0.25) is 9.59 Å². The average molecular weight is 545 g/mol. The van der Waals surface area contributed by atoms with Crippen LogP contribution in [0.25, 0.3) is 0 Å². The fourth-order valence-electron chi connectivity index (χ4n) is 4.40. The molecule has 0 aliphatic rings. The van der Waals surface area contributed by atoms with Gasteiger partial charge in [-0.2, -0.15) is 0 Å². The Bertz CT molecular complexity index is 674. The molecule has 1 N–H and O–H groups in total. The monoisotopic (exact) mass is 544 g/mol. The summed E-state index contributed by atoms with van der Waals surface area (Å²) in [6, 6.07) is 0. The van der Waals surface area contributed by atoms with Crippen molar-refractivity contribution in [1.82, 2.24) is 0 Å². The van der Waals surface area contributed by atoms with E-state index in [0.29, 0.717) is 12.8 Å². The van der Waals surface area contributed by atoms with Gasteiger partial charge >= 0.3 is 11.9 Å². The van der Waals surface area contributed by atoms with Crippen molar-refractivity contribution in [3.63, 3.8) is 0 Å². The number of aliphatic carboxylic acids is 1. The number of carboxylic acid groups (broad SMARTS) is 1. The lowest BCUT2D eigenvalue weighted by molar-refractivity contribution is -0.149. The van der Waals surface area contributed by atoms with Crippen molar-refractivity contribution in [2.75, 3.05) is 0 Å². The maximum absolute atomic E-state index is 12.2. The highest BCUT2D eigenvalue weighted by Gasteiger charge is 2.11. The number of unbranched alkanes of at least 4 members (excludes halogenated alkanes) is 12. The molecule has 0 amide bonds. The lowest BCUT2D eigenvalue weighted by atomic mass is 10.0. The molecule has 0 aromatic rings. The molecule has 0 fully saturated rings. The quantitative estimate of drug-likeness (QED) is 0.0604. The van der Waals surface area contributed by atoms with Gasteiger partial charge in [-0.05, 0) is 70.6 Å². The number of rotatable bonds is 28. The summed E-state index contributed by atoms with van der Waals surface area (Å²) >= 11 is 0. The molecule has 1 atom stereocenters. The molecule has 0 bridgehead atoms. The Balaban J connectivity index is 3.63. The van der Waals surface area contributed by atoms with E-state index in [4.69, 9.17) is 9.84 Å². The third kappa shape index (κ3) is 30.3. The first-order valence-electron chi connectivity index (χ1n) is 16.1. The number of hydrogen-bond donors (Lipinski definition) is 1. The zero-order valence-corrected chi connectivity index (χ0v) is 25.4. The van der Waals surface area contributed by atoms with Crippen molar-refractivity contribution in [1.29, 1.82) is 0 Å². The molecule has 0 spiro atoms. The minimum absolute atomic E-state index is 0.0550. The highest BCUT2D eigenvalue weighted by molar-refractivity contribution is 5.69. The van der Waals surface area contributed by atoms with E-state index in [1.54, 1.807) is 0 Å². The van der Waals surface area contributed by atoms with Gasteiger partial charge in [-0.1, -0.05) is 120 Å². The van der Waals surface area contributed by atoms with E-state index in [2.05, 4.69) is 62.5 Å². The Morgan fingerprint density at radius 2 is 1.08 bits per heavy atom. The largest absolute Gasteiger partial charge is 0.481 e. The molecule has 0 radical (unpaired) electrons. The third-order valence-electron chi connectivity index (χ3n) is 6.88. The van der Waals surface area contributed by atoms with Crippen LogP contribution in [0.3, 0.4) is 0 Å². The number of esters is 1. The molecular weight excluding hydrogens is 484 g/mol. The SMILES string of the molecule is CCCCC/C=C\C/C=C\C/C=C\C/C=C\CCCC(=O)OC(CC)CCCCCCCCCCCC(=O)O. The normalized spacial score (nSPS) is 12.9. The van der Waals surface area contributed by atoms with Crippen molar-refractivity contribution < 1.29 is 19.4 Å². The number of carbonyl (C=O) groups excluding carboxylic acids is 1. The van der Waals surface area contributed by atoms with Crippen LogP contribution in [0.4, 0.5) is 0 Å². The van der Waals surface area contributed by atoms with Gasteiger partial charge in [0.25, 0.3) is 0 Å². The molecule has 1 unspecified atom stereocenters. The summed E-state index contributed by atoms with van der Waals surface area (Å²) in [6.45, 7) is 4.34. The van der Waals surface area contributed by atoms with Gasteiger partial charge < -0.3 is 9.84 Å². The summed E-state index contributed by atoms with van der Waals surface area (Å²) < 4.78 is 5.70. The van der Waals surface area contributed by atoms with Gasteiger partial charge in [-0.25, -0.2) is 0 Å². The van der Waals surface area contributed by atoms with Crippen LogP contribution in [0.5, 0.6) is 0 Å². The van der Waals surface area contributed by atoms with Crippen molar-refractivity contribution in [3.8, 4) is 0 Å². The Hall–Kier alpha value is -2.10. The van der Waals surface area contributed by atoms with E-state index >= 15 is 0 Å². The van der Waals surface area contributed by atoms with Crippen LogP contribution in [0.2, 0.25) is 0 Å².